The first kappa shape index (κ1) is 13.4. The lowest BCUT2D eigenvalue weighted by atomic mass is 9.92. The molecule has 2 aromatic rings. The molecule has 5 nitrogen and oxygen atoms in total. The van der Waals surface area contributed by atoms with Gasteiger partial charge in [0.15, 0.2) is 5.82 Å². The molecule has 5 heteroatoms. The lowest BCUT2D eigenvalue weighted by molar-refractivity contribution is 0.562. The molecule has 0 aliphatic carbocycles. The Balaban J connectivity index is 2.04. The Kier molecular flexibility index (Phi) is 3.17. The topological polar surface area (TPSA) is 45.5 Å². The monoisotopic (exact) mass is 273 g/mol. The first-order valence-corrected chi connectivity index (χ1v) is 7.25. The van der Waals surface area contributed by atoms with E-state index in [9.17, 15) is 0 Å². The van der Waals surface area contributed by atoms with Crippen LogP contribution in [0.1, 0.15) is 32.9 Å². The second-order valence-electron chi connectivity index (χ2n) is 6.62. The van der Waals surface area contributed by atoms with Crippen molar-refractivity contribution in [2.45, 2.75) is 38.6 Å². The fourth-order valence-corrected chi connectivity index (χ4v) is 2.69. The summed E-state index contributed by atoms with van der Waals surface area (Å²) in [7, 11) is 2.13. The van der Waals surface area contributed by atoms with Crippen LogP contribution in [-0.2, 0) is 5.41 Å². The lowest BCUT2D eigenvalue weighted by Gasteiger charge is -2.25. The summed E-state index contributed by atoms with van der Waals surface area (Å²) in [6.07, 6.45) is 4.93. The predicted octanol–water partition coefficient (Wildman–Crippen LogP) is 1.82. The van der Waals surface area contributed by atoms with E-state index in [1.54, 1.807) is 0 Å². The van der Waals surface area contributed by atoms with Crippen LogP contribution in [0.15, 0.2) is 18.5 Å². The van der Waals surface area contributed by atoms with Crippen LogP contribution in [0, 0.1) is 0 Å². The van der Waals surface area contributed by atoms with Gasteiger partial charge in [0.05, 0.1) is 5.69 Å². The Morgan fingerprint density at radius 3 is 2.85 bits per heavy atom. The molecule has 0 radical (unpaired) electrons. The largest absolute Gasteiger partial charge is 0.354 e. The molecular formula is C15H23N5. The molecule has 1 N–H and O–H groups in total. The van der Waals surface area contributed by atoms with E-state index in [1.165, 1.54) is 6.42 Å². The number of nitrogens with one attached hydrogen (secondary N) is 1. The first-order valence-electron chi connectivity index (χ1n) is 7.25. The lowest BCUT2D eigenvalue weighted by Crippen LogP contribution is -2.34. The van der Waals surface area contributed by atoms with Crippen LogP contribution in [0.25, 0.3) is 5.52 Å². The fraction of sp³-hybridized carbons (Fsp3) is 0.600. The van der Waals surface area contributed by atoms with Crippen LogP contribution in [-0.4, -0.2) is 40.8 Å². The van der Waals surface area contributed by atoms with Crippen molar-refractivity contribution in [3.8, 4) is 0 Å². The Bertz CT molecular complexity index is 604. The van der Waals surface area contributed by atoms with Crippen LogP contribution in [0.5, 0.6) is 0 Å². The minimum absolute atomic E-state index is 0.0524. The maximum absolute atomic E-state index is 4.69. The predicted molar refractivity (Wildman–Crippen MR) is 81.4 cm³/mol. The van der Waals surface area contributed by atoms with Crippen molar-refractivity contribution in [1.29, 1.82) is 0 Å². The molecule has 1 aliphatic heterocycles. The number of aromatic nitrogens is 3. The number of hydrogen-bond acceptors (Lipinski definition) is 4. The molecule has 108 valence electrons. The second kappa shape index (κ2) is 4.74. The van der Waals surface area contributed by atoms with Crippen LogP contribution >= 0.6 is 0 Å². The van der Waals surface area contributed by atoms with E-state index < -0.39 is 0 Å². The molecule has 1 atom stereocenters. The first-order chi connectivity index (χ1) is 9.47. The minimum Gasteiger partial charge on any atom is -0.354 e. The maximum atomic E-state index is 4.69. The van der Waals surface area contributed by atoms with Gasteiger partial charge >= 0.3 is 0 Å². The number of likely N-dealkylation sites (N-methyl/N-ethyl adjacent to an activating group) is 1. The zero-order chi connectivity index (χ0) is 14.3. The van der Waals surface area contributed by atoms with Crippen LogP contribution in [0.4, 0.5) is 5.82 Å². The van der Waals surface area contributed by atoms with Crippen molar-refractivity contribution >= 4 is 11.3 Å². The molecule has 1 aliphatic rings. The van der Waals surface area contributed by atoms with Crippen molar-refractivity contribution in [1.82, 2.24) is 19.9 Å². The van der Waals surface area contributed by atoms with Crippen molar-refractivity contribution in [2.24, 2.45) is 0 Å². The molecule has 3 rings (SSSR count). The highest BCUT2D eigenvalue weighted by Crippen LogP contribution is 2.27. The summed E-state index contributed by atoms with van der Waals surface area (Å²) in [5.41, 5.74) is 2.24. The average molecular weight is 273 g/mol. The smallest absolute Gasteiger partial charge is 0.154 e. The summed E-state index contributed by atoms with van der Waals surface area (Å²) in [5, 5.41) is 8.10. The Morgan fingerprint density at radius 2 is 2.20 bits per heavy atom. The van der Waals surface area contributed by atoms with Gasteiger partial charge < -0.3 is 10.2 Å². The van der Waals surface area contributed by atoms with Gasteiger partial charge in [0.2, 0.25) is 0 Å². The van der Waals surface area contributed by atoms with Gasteiger partial charge in [-0.25, -0.2) is 9.50 Å². The number of fused-ring (bicyclic) bond motifs is 1. The van der Waals surface area contributed by atoms with Crippen LogP contribution in [0.2, 0.25) is 0 Å². The number of anilines is 1. The molecular weight excluding hydrogens is 250 g/mol. The van der Waals surface area contributed by atoms with E-state index in [2.05, 4.69) is 54.2 Å². The second-order valence-corrected chi connectivity index (χ2v) is 6.62. The van der Waals surface area contributed by atoms with Gasteiger partial charge in [-0.15, -0.1) is 0 Å². The zero-order valence-corrected chi connectivity index (χ0v) is 12.7. The molecule has 0 saturated carbocycles. The Labute approximate surface area is 120 Å². The number of rotatable bonds is 2. The van der Waals surface area contributed by atoms with Crippen molar-refractivity contribution in [3.63, 3.8) is 0 Å². The van der Waals surface area contributed by atoms with Crippen LogP contribution < -0.4 is 10.2 Å². The fourth-order valence-electron chi connectivity index (χ4n) is 2.69. The third-order valence-electron chi connectivity index (χ3n) is 4.05. The highest BCUT2D eigenvalue weighted by Gasteiger charge is 2.24. The van der Waals surface area contributed by atoms with E-state index in [0.717, 1.165) is 30.1 Å². The van der Waals surface area contributed by atoms with Crippen molar-refractivity contribution < 1.29 is 0 Å². The van der Waals surface area contributed by atoms with Gasteiger partial charge in [-0.3, -0.25) is 0 Å². The summed E-state index contributed by atoms with van der Waals surface area (Å²) < 4.78 is 1.95. The third kappa shape index (κ3) is 2.26. The highest BCUT2D eigenvalue weighted by molar-refractivity contribution is 5.69. The average Bonchev–Trinajstić information content (AvgIpc) is 3.05. The molecule has 0 amide bonds. The van der Waals surface area contributed by atoms with Gasteiger partial charge in [-0.05, 0) is 19.0 Å². The normalized spacial score (nSPS) is 19.7. The molecule has 1 fully saturated rings. The van der Waals surface area contributed by atoms with Gasteiger partial charge in [-0.2, -0.15) is 5.10 Å². The van der Waals surface area contributed by atoms with E-state index in [-0.39, 0.29) is 5.41 Å². The molecule has 2 aromatic heterocycles. The molecule has 20 heavy (non-hydrogen) atoms. The minimum atomic E-state index is 0.0524. The van der Waals surface area contributed by atoms with E-state index in [0.29, 0.717) is 6.04 Å². The zero-order valence-electron chi connectivity index (χ0n) is 12.7. The molecule has 1 saturated heterocycles. The molecule has 3 heterocycles. The third-order valence-corrected chi connectivity index (χ3v) is 4.05. The summed E-state index contributed by atoms with van der Waals surface area (Å²) in [5.74, 6) is 1.02. The molecule has 0 spiro atoms. The Morgan fingerprint density at radius 1 is 1.40 bits per heavy atom. The van der Waals surface area contributed by atoms with E-state index >= 15 is 0 Å². The van der Waals surface area contributed by atoms with Gasteiger partial charge in [0.1, 0.15) is 5.52 Å². The summed E-state index contributed by atoms with van der Waals surface area (Å²) in [6, 6.07) is 2.68. The standard InChI is InChI=1S/C15H23N5/c1-15(2,3)13-9-12-14(17-7-8-20(12)18-13)19(4)11-5-6-16-10-11/h7-9,11,16H,5-6,10H2,1-4H3. The van der Waals surface area contributed by atoms with Gasteiger partial charge in [0.25, 0.3) is 0 Å². The molecule has 0 bridgehead atoms. The number of hydrogen-bond donors (Lipinski definition) is 1. The van der Waals surface area contributed by atoms with E-state index in [4.69, 9.17) is 0 Å². The SMILES string of the molecule is CN(c1nccn2nc(C(C)(C)C)cc12)C1CCNC1. The molecule has 0 aromatic carbocycles. The highest BCUT2D eigenvalue weighted by atomic mass is 15.3. The van der Waals surface area contributed by atoms with E-state index in [1.807, 2.05) is 16.9 Å². The molecule has 1 unspecified atom stereocenters. The summed E-state index contributed by atoms with van der Waals surface area (Å²) in [6.45, 7) is 8.68. The Hall–Kier alpha value is -1.62. The maximum Gasteiger partial charge on any atom is 0.154 e. The van der Waals surface area contributed by atoms with Gasteiger partial charge in [-0.1, -0.05) is 20.8 Å². The van der Waals surface area contributed by atoms with Crippen LogP contribution in [0.3, 0.4) is 0 Å². The summed E-state index contributed by atoms with van der Waals surface area (Å²) in [4.78, 5) is 6.87. The quantitative estimate of drug-likeness (QED) is 0.906. The van der Waals surface area contributed by atoms with Gasteiger partial charge in [0, 0.05) is 37.4 Å². The number of nitrogens with zero attached hydrogens (tertiary/aromatic N) is 4. The summed E-state index contributed by atoms with van der Waals surface area (Å²) >= 11 is 0. The van der Waals surface area contributed by atoms with Crippen molar-refractivity contribution in [3.05, 3.63) is 24.2 Å². The van der Waals surface area contributed by atoms with Crippen molar-refractivity contribution in [2.75, 3.05) is 25.0 Å².